The molecule has 6 atom stereocenters. The third-order valence-corrected chi connectivity index (χ3v) is 10.3. The van der Waals surface area contributed by atoms with Crippen molar-refractivity contribution < 1.29 is 0 Å². The lowest BCUT2D eigenvalue weighted by molar-refractivity contribution is -0.0401. The van der Waals surface area contributed by atoms with Crippen molar-refractivity contribution in [2.75, 3.05) is 0 Å². The molecule has 0 saturated heterocycles. The van der Waals surface area contributed by atoms with Crippen LogP contribution in [0.2, 0.25) is 0 Å². The van der Waals surface area contributed by atoms with Crippen LogP contribution in [0.3, 0.4) is 0 Å². The summed E-state index contributed by atoms with van der Waals surface area (Å²) in [4.78, 5) is 0. The molecular formula is C27H46. The highest BCUT2D eigenvalue weighted by Crippen LogP contribution is 2.69. The van der Waals surface area contributed by atoms with E-state index in [0.717, 1.165) is 29.6 Å². The quantitative estimate of drug-likeness (QED) is 0.425. The largest absolute Gasteiger partial charge is 0.0679 e. The van der Waals surface area contributed by atoms with Crippen molar-refractivity contribution >= 4 is 0 Å². The molecule has 3 saturated carbocycles. The van der Waals surface area contributed by atoms with Crippen LogP contribution in [-0.4, -0.2) is 0 Å². The standard InChI is InChI=1S/C27H46/c1-19(2)9-8-10-20(3)23-14-17-27(21(23)4)18-15-24-25(27)13-12-22-11-6-7-16-26(22,24)5/h19-20,22,24-25H,6-18H2,1-5H3/t20-,22+,24-,25+,26-,27-/m0/s1. The van der Waals surface area contributed by atoms with Gasteiger partial charge in [0.1, 0.15) is 0 Å². The number of fused-ring (bicyclic) bond motifs is 4. The molecule has 0 aromatic heterocycles. The fraction of sp³-hybridized carbons (Fsp3) is 0.926. The Bertz CT molecular complexity index is 569. The van der Waals surface area contributed by atoms with Gasteiger partial charge in [0.25, 0.3) is 0 Å². The summed E-state index contributed by atoms with van der Waals surface area (Å²) in [7, 11) is 0. The van der Waals surface area contributed by atoms with Gasteiger partial charge in [-0.05, 0) is 105 Å². The topological polar surface area (TPSA) is 0 Å². The van der Waals surface area contributed by atoms with Crippen LogP contribution in [0.5, 0.6) is 0 Å². The van der Waals surface area contributed by atoms with Gasteiger partial charge in [0, 0.05) is 0 Å². The predicted octanol–water partition coefficient (Wildman–Crippen LogP) is 8.56. The Morgan fingerprint density at radius 1 is 0.889 bits per heavy atom. The first-order chi connectivity index (χ1) is 12.9. The molecule has 154 valence electrons. The molecule has 3 fully saturated rings. The fourth-order valence-electron chi connectivity index (χ4n) is 8.68. The summed E-state index contributed by atoms with van der Waals surface area (Å²) >= 11 is 0. The first kappa shape index (κ1) is 20.0. The lowest BCUT2D eigenvalue weighted by atomic mass is 9.51. The lowest BCUT2D eigenvalue weighted by Gasteiger charge is -2.54. The minimum atomic E-state index is 0.623. The van der Waals surface area contributed by atoms with Crippen molar-refractivity contribution in [3.63, 3.8) is 0 Å². The Kier molecular flexibility index (Phi) is 5.59. The molecule has 0 heteroatoms. The van der Waals surface area contributed by atoms with Gasteiger partial charge in [-0.3, -0.25) is 0 Å². The highest BCUT2D eigenvalue weighted by atomic mass is 14.6. The summed E-state index contributed by atoms with van der Waals surface area (Å²) in [6.45, 7) is 12.6. The van der Waals surface area contributed by atoms with Crippen molar-refractivity contribution in [2.24, 2.45) is 40.4 Å². The first-order valence-electron chi connectivity index (χ1n) is 12.6. The van der Waals surface area contributed by atoms with E-state index in [1.807, 2.05) is 11.1 Å². The monoisotopic (exact) mass is 370 g/mol. The summed E-state index contributed by atoms with van der Waals surface area (Å²) in [5.74, 6) is 4.83. The second-order valence-electron chi connectivity index (χ2n) is 11.8. The normalized spacial score (nSPS) is 42.7. The minimum Gasteiger partial charge on any atom is -0.0679 e. The lowest BCUT2D eigenvalue weighted by Crippen LogP contribution is -2.46. The summed E-state index contributed by atoms with van der Waals surface area (Å²) < 4.78 is 0. The molecule has 1 spiro atoms. The fourth-order valence-corrected chi connectivity index (χ4v) is 8.68. The van der Waals surface area contributed by atoms with Crippen LogP contribution in [0.25, 0.3) is 0 Å². The van der Waals surface area contributed by atoms with E-state index >= 15 is 0 Å². The summed E-state index contributed by atoms with van der Waals surface area (Å²) in [6.07, 6.45) is 19.5. The van der Waals surface area contributed by atoms with Gasteiger partial charge in [0.2, 0.25) is 0 Å². The van der Waals surface area contributed by atoms with E-state index in [9.17, 15) is 0 Å². The van der Waals surface area contributed by atoms with Gasteiger partial charge < -0.3 is 0 Å². The molecule has 0 amide bonds. The number of hydrogen-bond acceptors (Lipinski definition) is 0. The number of allylic oxidation sites excluding steroid dienone is 2. The molecular weight excluding hydrogens is 324 g/mol. The van der Waals surface area contributed by atoms with Crippen molar-refractivity contribution in [3.8, 4) is 0 Å². The van der Waals surface area contributed by atoms with Crippen LogP contribution in [-0.2, 0) is 0 Å². The molecule has 0 radical (unpaired) electrons. The molecule has 0 aromatic rings. The molecule has 4 rings (SSSR count). The van der Waals surface area contributed by atoms with E-state index in [2.05, 4.69) is 34.6 Å². The van der Waals surface area contributed by atoms with E-state index in [4.69, 9.17) is 0 Å². The highest BCUT2D eigenvalue weighted by molar-refractivity contribution is 5.32. The van der Waals surface area contributed by atoms with Gasteiger partial charge in [-0.25, -0.2) is 0 Å². The Morgan fingerprint density at radius 2 is 1.70 bits per heavy atom. The molecule has 0 N–H and O–H groups in total. The third kappa shape index (κ3) is 3.26. The van der Waals surface area contributed by atoms with Crippen LogP contribution in [0.1, 0.15) is 118 Å². The summed E-state index contributed by atoms with van der Waals surface area (Å²) in [6, 6.07) is 0. The van der Waals surface area contributed by atoms with E-state index in [-0.39, 0.29) is 0 Å². The summed E-state index contributed by atoms with van der Waals surface area (Å²) in [5.41, 5.74) is 5.11. The van der Waals surface area contributed by atoms with E-state index in [1.165, 1.54) is 57.8 Å². The van der Waals surface area contributed by atoms with Crippen LogP contribution in [0.15, 0.2) is 11.1 Å². The molecule has 0 unspecified atom stereocenters. The zero-order chi connectivity index (χ0) is 19.2. The maximum Gasteiger partial charge on any atom is -0.00538 e. The van der Waals surface area contributed by atoms with Gasteiger partial charge in [0.05, 0.1) is 0 Å². The number of hydrogen-bond donors (Lipinski definition) is 0. The maximum absolute atomic E-state index is 2.72. The Labute approximate surface area is 170 Å². The Balaban J connectivity index is 1.52. The van der Waals surface area contributed by atoms with Crippen molar-refractivity contribution in [3.05, 3.63) is 11.1 Å². The molecule has 27 heavy (non-hydrogen) atoms. The van der Waals surface area contributed by atoms with Gasteiger partial charge in [-0.15, -0.1) is 0 Å². The average molecular weight is 371 g/mol. The van der Waals surface area contributed by atoms with Gasteiger partial charge in [-0.2, -0.15) is 0 Å². The minimum absolute atomic E-state index is 0.623. The zero-order valence-corrected chi connectivity index (χ0v) is 19.1. The average Bonchev–Trinajstić information content (AvgIpc) is 3.17. The smallest absolute Gasteiger partial charge is 0.00538 e. The third-order valence-electron chi connectivity index (χ3n) is 10.3. The van der Waals surface area contributed by atoms with E-state index in [0.29, 0.717) is 10.8 Å². The Hall–Kier alpha value is -0.260. The highest BCUT2D eigenvalue weighted by Gasteiger charge is 2.60. The van der Waals surface area contributed by atoms with Gasteiger partial charge in [-0.1, -0.05) is 64.5 Å². The molecule has 0 nitrogen and oxygen atoms in total. The van der Waals surface area contributed by atoms with Crippen LogP contribution < -0.4 is 0 Å². The number of rotatable bonds is 5. The molecule has 4 aliphatic carbocycles. The van der Waals surface area contributed by atoms with Gasteiger partial charge >= 0.3 is 0 Å². The van der Waals surface area contributed by atoms with Crippen molar-refractivity contribution in [2.45, 2.75) is 118 Å². The van der Waals surface area contributed by atoms with Crippen molar-refractivity contribution in [1.82, 2.24) is 0 Å². The van der Waals surface area contributed by atoms with Crippen LogP contribution in [0, 0.1) is 40.4 Å². The second kappa shape index (κ2) is 7.53. The molecule has 0 aromatic carbocycles. The van der Waals surface area contributed by atoms with Crippen LogP contribution in [0.4, 0.5) is 0 Å². The van der Waals surface area contributed by atoms with Crippen molar-refractivity contribution in [1.29, 1.82) is 0 Å². The summed E-state index contributed by atoms with van der Waals surface area (Å²) in [5, 5.41) is 0. The van der Waals surface area contributed by atoms with Crippen LogP contribution >= 0.6 is 0 Å². The predicted molar refractivity (Wildman–Crippen MR) is 118 cm³/mol. The second-order valence-corrected chi connectivity index (χ2v) is 11.8. The molecule has 0 aliphatic heterocycles. The zero-order valence-electron chi connectivity index (χ0n) is 19.1. The molecule has 0 bridgehead atoms. The molecule has 4 aliphatic rings. The Morgan fingerprint density at radius 3 is 2.48 bits per heavy atom. The SMILES string of the molecule is CC1=C([C@@H](C)CCCC(C)C)CC[C@]12CC[C@H]1[C@H]2CC[C@H]2CCCC[C@@]21C. The maximum atomic E-state index is 2.72. The first-order valence-corrected chi connectivity index (χ1v) is 12.6. The van der Waals surface area contributed by atoms with Gasteiger partial charge in [0.15, 0.2) is 0 Å². The van der Waals surface area contributed by atoms with E-state index < -0.39 is 0 Å². The van der Waals surface area contributed by atoms with E-state index in [1.54, 1.807) is 25.7 Å². The molecule has 0 heterocycles.